The van der Waals surface area contributed by atoms with Crippen LogP contribution in [-0.2, 0) is 6.42 Å². The molecule has 1 unspecified atom stereocenters. The van der Waals surface area contributed by atoms with E-state index < -0.39 is 6.10 Å². The average Bonchev–Trinajstić information content (AvgIpc) is 2.56. The molecular weight excluding hydrogens is 276 g/mol. The number of aliphatic hydroxyl groups excluding tert-OH is 1. The van der Waals surface area contributed by atoms with Crippen molar-refractivity contribution in [3.05, 3.63) is 66.2 Å². The molecule has 0 aliphatic rings. The lowest BCUT2D eigenvalue weighted by molar-refractivity contribution is 0.140. The first-order valence-corrected chi connectivity index (χ1v) is 7.62. The van der Waals surface area contributed by atoms with Crippen molar-refractivity contribution in [2.75, 3.05) is 19.7 Å². The lowest BCUT2D eigenvalue weighted by atomic mass is 10.0. The number of hydrogen-bond donors (Lipinski definition) is 3. The first-order valence-electron chi connectivity index (χ1n) is 7.62. The topological polar surface area (TPSA) is 67.5 Å². The van der Waals surface area contributed by atoms with Crippen molar-refractivity contribution in [3.8, 4) is 5.75 Å². The molecule has 22 heavy (non-hydrogen) atoms. The molecule has 0 aliphatic heterocycles. The number of para-hydroxylation sites is 1. The van der Waals surface area contributed by atoms with Gasteiger partial charge in [-0.15, -0.1) is 0 Å². The van der Waals surface area contributed by atoms with Crippen molar-refractivity contribution in [1.29, 1.82) is 0 Å². The van der Waals surface area contributed by atoms with Crippen LogP contribution in [0.15, 0.2) is 60.7 Å². The Labute approximate surface area is 131 Å². The van der Waals surface area contributed by atoms with Crippen molar-refractivity contribution >= 4 is 0 Å². The van der Waals surface area contributed by atoms with Crippen LogP contribution in [0.3, 0.4) is 0 Å². The molecule has 0 bridgehead atoms. The Morgan fingerprint density at radius 2 is 1.64 bits per heavy atom. The van der Waals surface area contributed by atoms with Gasteiger partial charge in [0.2, 0.25) is 0 Å². The molecule has 4 N–H and O–H groups in total. The minimum atomic E-state index is -0.572. The Kier molecular flexibility index (Phi) is 6.90. The number of benzene rings is 2. The van der Waals surface area contributed by atoms with Crippen LogP contribution in [0.5, 0.6) is 5.75 Å². The van der Waals surface area contributed by atoms with Crippen molar-refractivity contribution in [3.63, 3.8) is 0 Å². The van der Waals surface area contributed by atoms with Gasteiger partial charge in [-0.05, 0) is 24.1 Å². The quantitative estimate of drug-likeness (QED) is 0.615. The van der Waals surface area contributed by atoms with Crippen LogP contribution in [0.2, 0.25) is 0 Å². The van der Waals surface area contributed by atoms with Gasteiger partial charge in [-0.1, -0.05) is 48.5 Å². The van der Waals surface area contributed by atoms with Gasteiger partial charge in [0.05, 0.1) is 6.10 Å². The van der Waals surface area contributed by atoms with Crippen LogP contribution < -0.4 is 15.8 Å². The highest BCUT2D eigenvalue weighted by Gasteiger charge is 2.14. The van der Waals surface area contributed by atoms with Crippen LogP contribution in [0.25, 0.3) is 0 Å². The summed E-state index contributed by atoms with van der Waals surface area (Å²) in [4.78, 5) is 0. The highest BCUT2D eigenvalue weighted by Crippen LogP contribution is 2.07. The summed E-state index contributed by atoms with van der Waals surface area (Å²) in [5, 5.41) is 13.2. The normalized spacial score (nSPS) is 13.5. The van der Waals surface area contributed by atoms with Crippen molar-refractivity contribution < 1.29 is 9.84 Å². The second-order valence-electron chi connectivity index (χ2n) is 5.29. The number of aliphatic hydroxyl groups is 1. The first-order chi connectivity index (χ1) is 10.8. The number of hydrogen-bond acceptors (Lipinski definition) is 4. The van der Waals surface area contributed by atoms with Gasteiger partial charge in [0, 0.05) is 19.1 Å². The fourth-order valence-electron chi connectivity index (χ4n) is 2.18. The predicted molar refractivity (Wildman–Crippen MR) is 88.9 cm³/mol. The third-order valence-electron chi connectivity index (χ3n) is 3.45. The molecule has 2 atom stereocenters. The zero-order valence-corrected chi connectivity index (χ0v) is 12.7. The zero-order valence-electron chi connectivity index (χ0n) is 12.7. The molecule has 0 fully saturated rings. The van der Waals surface area contributed by atoms with E-state index in [-0.39, 0.29) is 6.04 Å². The maximum Gasteiger partial charge on any atom is 0.119 e. The summed E-state index contributed by atoms with van der Waals surface area (Å²) in [5.41, 5.74) is 7.17. The summed E-state index contributed by atoms with van der Waals surface area (Å²) in [7, 11) is 0. The molecule has 0 saturated carbocycles. The largest absolute Gasteiger partial charge is 0.492 e. The predicted octanol–water partition coefficient (Wildman–Crippen LogP) is 1.59. The smallest absolute Gasteiger partial charge is 0.119 e. The fraction of sp³-hybridized carbons (Fsp3) is 0.333. The summed E-state index contributed by atoms with van der Waals surface area (Å²) in [5.74, 6) is 0.852. The highest BCUT2D eigenvalue weighted by molar-refractivity contribution is 5.20. The molecular formula is C18H24N2O2. The van der Waals surface area contributed by atoms with E-state index in [9.17, 15) is 5.11 Å². The van der Waals surface area contributed by atoms with E-state index in [1.807, 2.05) is 60.7 Å². The van der Waals surface area contributed by atoms with E-state index in [0.717, 1.165) is 11.3 Å². The van der Waals surface area contributed by atoms with E-state index >= 15 is 0 Å². The molecule has 0 aromatic heterocycles. The summed E-state index contributed by atoms with van der Waals surface area (Å²) in [6.07, 6.45) is 0.0985. The Bertz CT molecular complexity index is 519. The van der Waals surface area contributed by atoms with E-state index in [1.54, 1.807) is 0 Å². The molecule has 4 heteroatoms. The standard InChI is InChI=1S/C18H24N2O2/c19-17(13-15-7-3-1-4-8-15)18(21)14-20-11-12-22-16-9-5-2-6-10-16/h1-10,17-18,20-21H,11-14,19H2/t17?,18-/m0/s1. The molecule has 0 aliphatic carbocycles. The third-order valence-corrected chi connectivity index (χ3v) is 3.45. The van der Waals surface area contributed by atoms with Crippen LogP contribution in [0.4, 0.5) is 0 Å². The van der Waals surface area contributed by atoms with Gasteiger partial charge < -0.3 is 20.9 Å². The van der Waals surface area contributed by atoms with E-state index in [2.05, 4.69) is 5.32 Å². The maximum atomic E-state index is 10.1. The van der Waals surface area contributed by atoms with Crippen molar-refractivity contribution in [1.82, 2.24) is 5.32 Å². The molecule has 0 spiro atoms. The number of nitrogens with two attached hydrogens (primary N) is 1. The van der Waals surface area contributed by atoms with Crippen LogP contribution in [0.1, 0.15) is 5.56 Å². The molecule has 2 aromatic rings. The Hall–Kier alpha value is -1.88. The van der Waals surface area contributed by atoms with Gasteiger partial charge in [-0.3, -0.25) is 0 Å². The fourth-order valence-corrected chi connectivity index (χ4v) is 2.18. The molecule has 118 valence electrons. The van der Waals surface area contributed by atoms with Crippen molar-refractivity contribution in [2.24, 2.45) is 5.73 Å². The summed E-state index contributed by atoms with van der Waals surface area (Å²) < 4.78 is 5.57. The first kappa shape index (κ1) is 16.5. The summed E-state index contributed by atoms with van der Waals surface area (Å²) in [6, 6.07) is 19.4. The molecule has 2 rings (SSSR count). The second-order valence-corrected chi connectivity index (χ2v) is 5.29. The molecule has 4 nitrogen and oxygen atoms in total. The minimum absolute atomic E-state index is 0.273. The number of nitrogens with one attached hydrogen (secondary N) is 1. The summed E-state index contributed by atoms with van der Waals surface area (Å²) >= 11 is 0. The molecule has 0 saturated heterocycles. The van der Waals surface area contributed by atoms with Crippen LogP contribution in [0, 0.1) is 0 Å². The SMILES string of the molecule is NC(Cc1ccccc1)[C@@H](O)CNCCOc1ccccc1. The third kappa shape index (κ3) is 5.85. The van der Waals surface area contributed by atoms with E-state index in [4.69, 9.17) is 10.5 Å². The minimum Gasteiger partial charge on any atom is -0.492 e. The van der Waals surface area contributed by atoms with Gasteiger partial charge in [-0.2, -0.15) is 0 Å². The second kappa shape index (κ2) is 9.20. The Balaban J connectivity index is 1.60. The maximum absolute atomic E-state index is 10.1. The summed E-state index contributed by atoms with van der Waals surface area (Å²) in [6.45, 7) is 1.70. The molecule has 0 heterocycles. The van der Waals surface area contributed by atoms with E-state index in [0.29, 0.717) is 26.1 Å². The van der Waals surface area contributed by atoms with E-state index in [1.165, 1.54) is 0 Å². The monoisotopic (exact) mass is 300 g/mol. The Morgan fingerprint density at radius 1 is 1.00 bits per heavy atom. The van der Waals surface area contributed by atoms with Crippen LogP contribution in [-0.4, -0.2) is 36.9 Å². The number of ether oxygens (including phenoxy) is 1. The van der Waals surface area contributed by atoms with Gasteiger partial charge >= 0.3 is 0 Å². The lowest BCUT2D eigenvalue weighted by Gasteiger charge is -2.19. The van der Waals surface area contributed by atoms with Gasteiger partial charge in [0.15, 0.2) is 0 Å². The van der Waals surface area contributed by atoms with Gasteiger partial charge in [0.25, 0.3) is 0 Å². The lowest BCUT2D eigenvalue weighted by Crippen LogP contribution is -2.43. The molecule has 2 aromatic carbocycles. The van der Waals surface area contributed by atoms with Gasteiger partial charge in [0.1, 0.15) is 12.4 Å². The number of rotatable bonds is 9. The van der Waals surface area contributed by atoms with Crippen molar-refractivity contribution in [2.45, 2.75) is 18.6 Å². The van der Waals surface area contributed by atoms with Crippen LogP contribution >= 0.6 is 0 Å². The zero-order chi connectivity index (χ0) is 15.6. The average molecular weight is 300 g/mol. The molecule has 0 radical (unpaired) electrons. The van der Waals surface area contributed by atoms with Gasteiger partial charge in [-0.25, -0.2) is 0 Å². The molecule has 0 amide bonds. The highest BCUT2D eigenvalue weighted by atomic mass is 16.5. The Morgan fingerprint density at radius 3 is 2.32 bits per heavy atom.